The Kier molecular flexibility index (Phi) is 3.40. The lowest BCUT2D eigenvalue weighted by molar-refractivity contribution is 0.423. The van der Waals surface area contributed by atoms with E-state index in [4.69, 9.17) is 10.0 Å². The van der Waals surface area contributed by atoms with Crippen molar-refractivity contribution in [3.05, 3.63) is 53.8 Å². The van der Waals surface area contributed by atoms with Gasteiger partial charge in [0.15, 0.2) is 11.6 Å². The summed E-state index contributed by atoms with van der Waals surface area (Å²) < 4.78 is 39.3. The molecule has 2 N–H and O–H groups in total. The van der Waals surface area contributed by atoms with Crippen LogP contribution in [0.4, 0.5) is 13.2 Å². The highest BCUT2D eigenvalue weighted by Crippen LogP contribution is 2.21. The highest BCUT2D eigenvalue weighted by molar-refractivity contribution is 6.58. The molecular formula is C12H8BF3O2. The minimum Gasteiger partial charge on any atom is -0.423 e. The van der Waals surface area contributed by atoms with Gasteiger partial charge in [0.05, 0.1) is 0 Å². The summed E-state index contributed by atoms with van der Waals surface area (Å²) >= 11 is 0. The van der Waals surface area contributed by atoms with E-state index in [0.717, 1.165) is 18.2 Å². The molecule has 0 saturated carbocycles. The van der Waals surface area contributed by atoms with Gasteiger partial charge in [0.2, 0.25) is 0 Å². The van der Waals surface area contributed by atoms with E-state index in [-0.39, 0.29) is 5.46 Å². The Morgan fingerprint density at radius 1 is 0.722 bits per heavy atom. The molecule has 0 aliphatic heterocycles. The highest BCUT2D eigenvalue weighted by atomic mass is 19.2. The van der Waals surface area contributed by atoms with E-state index >= 15 is 0 Å². The summed E-state index contributed by atoms with van der Waals surface area (Å²) in [6.07, 6.45) is 0. The zero-order chi connectivity index (χ0) is 13.3. The van der Waals surface area contributed by atoms with Crippen molar-refractivity contribution in [3.8, 4) is 11.1 Å². The highest BCUT2D eigenvalue weighted by Gasteiger charge is 2.17. The van der Waals surface area contributed by atoms with Crippen molar-refractivity contribution in [1.82, 2.24) is 0 Å². The third-order valence-electron chi connectivity index (χ3n) is 2.53. The van der Waals surface area contributed by atoms with Crippen molar-refractivity contribution in [2.75, 3.05) is 0 Å². The van der Waals surface area contributed by atoms with Crippen LogP contribution in [0.5, 0.6) is 0 Å². The molecule has 0 unspecified atom stereocenters. The van der Waals surface area contributed by atoms with E-state index < -0.39 is 24.6 Å². The average Bonchev–Trinajstić information content (AvgIpc) is 2.32. The smallest absolute Gasteiger partial charge is 0.423 e. The van der Waals surface area contributed by atoms with Crippen molar-refractivity contribution < 1.29 is 23.2 Å². The molecule has 2 aromatic rings. The van der Waals surface area contributed by atoms with E-state index in [1.54, 1.807) is 0 Å². The molecular weight excluding hydrogens is 244 g/mol. The van der Waals surface area contributed by atoms with Crippen LogP contribution >= 0.6 is 0 Å². The molecule has 0 aliphatic rings. The first-order valence-corrected chi connectivity index (χ1v) is 5.10. The fourth-order valence-electron chi connectivity index (χ4n) is 1.59. The van der Waals surface area contributed by atoms with E-state index in [1.807, 2.05) is 0 Å². The van der Waals surface area contributed by atoms with Crippen molar-refractivity contribution in [3.63, 3.8) is 0 Å². The maximum absolute atomic E-state index is 13.5. The summed E-state index contributed by atoms with van der Waals surface area (Å²) in [5.74, 6) is -2.84. The Bertz CT molecular complexity index is 588. The van der Waals surface area contributed by atoms with E-state index in [1.165, 1.54) is 18.2 Å². The predicted molar refractivity (Wildman–Crippen MR) is 61.6 cm³/mol. The van der Waals surface area contributed by atoms with E-state index in [2.05, 4.69) is 0 Å². The van der Waals surface area contributed by atoms with Gasteiger partial charge in [-0.25, -0.2) is 13.2 Å². The van der Waals surface area contributed by atoms with Crippen molar-refractivity contribution in [2.24, 2.45) is 0 Å². The quantitative estimate of drug-likeness (QED) is 0.794. The first-order chi connectivity index (χ1) is 8.49. The lowest BCUT2D eigenvalue weighted by atomic mass is 9.79. The molecule has 18 heavy (non-hydrogen) atoms. The summed E-state index contributed by atoms with van der Waals surface area (Å²) in [5, 5.41) is 17.7. The second-order valence-electron chi connectivity index (χ2n) is 3.74. The van der Waals surface area contributed by atoms with Crippen molar-refractivity contribution >= 4 is 12.6 Å². The van der Waals surface area contributed by atoms with Gasteiger partial charge in [-0.3, -0.25) is 0 Å². The van der Waals surface area contributed by atoms with Crippen LogP contribution in [-0.4, -0.2) is 17.2 Å². The van der Waals surface area contributed by atoms with E-state index in [0.29, 0.717) is 11.1 Å². The van der Waals surface area contributed by atoms with Gasteiger partial charge in [-0.2, -0.15) is 0 Å². The number of benzene rings is 2. The molecule has 0 bridgehead atoms. The Morgan fingerprint density at radius 3 is 1.78 bits per heavy atom. The zero-order valence-corrected chi connectivity index (χ0v) is 9.07. The third-order valence-corrected chi connectivity index (χ3v) is 2.53. The summed E-state index contributed by atoms with van der Waals surface area (Å²) in [4.78, 5) is 0. The van der Waals surface area contributed by atoms with Crippen molar-refractivity contribution in [2.45, 2.75) is 0 Å². The van der Waals surface area contributed by atoms with Gasteiger partial charge in [0.25, 0.3) is 0 Å². The summed E-state index contributed by atoms with van der Waals surface area (Å²) in [7, 11) is -1.91. The maximum atomic E-state index is 13.5. The molecule has 92 valence electrons. The van der Waals surface area contributed by atoms with Crippen LogP contribution in [0.15, 0.2) is 36.4 Å². The van der Waals surface area contributed by atoms with Gasteiger partial charge in [0, 0.05) is 5.46 Å². The molecule has 0 atom stereocenters. The Balaban J connectivity index is 2.45. The number of halogens is 3. The van der Waals surface area contributed by atoms with Crippen LogP contribution in [-0.2, 0) is 0 Å². The lowest BCUT2D eigenvalue weighted by Crippen LogP contribution is -2.32. The molecule has 2 rings (SSSR count). The summed E-state index contributed by atoms with van der Waals surface area (Å²) in [6, 6.07) is 6.79. The molecule has 0 spiro atoms. The topological polar surface area (TPSA) is 40.5 Å². The molecule has 0 aromatic heterocycles. The Labute approximate surface area is 101 Å². The molecule has 0 fully saturated rings. The van der Waals surface area contributed by atoms with Gasteiger partial charge in [-0.05, 0) is 29.3 Å². The van der Waals surface area contributed by atoms with Crippen LogP contribution in [0.25, 0.3) is 11.1 Å². The van der Waals surface area contributed by atoms with Crippen LogP contribution in [0.3, 0.4) is 0 Å². The summed E-state index contributed by atoms with van der Waals surface area (Å²) in [6.45, 7) is 0. The van der Waals surface area contributed by atoms with Gasteiger partial charge in [0.1, 0.15) is 5.82 Å². The lowest BCUT2D eigenvalue weighted by Gasteiger charge is -2.06. The van der Waals surface area contributed by atoms with Crippen LogP contribution in [0, 0.1) is 17.5 Å². The third kappa shape index (κ3) is 2.39. The fraction of sp³-hybridized carbons (Fsp3) is 0. The van der Waals surface area contributed by atoms with E-state index in [9.17, 15) is 13.2 Å². The molecule has 0 aliphatic carbocycles. The molecule has 2 aromatic carbocycles. The normalized spacial score (nSPS) is 10.5. The summed E-state index contributed by atoms with van der Waals surface area (Å²) in [5.41, 5.74) is 0.337. The molecule has 2 nitrogen and oxygen atoms in total. The second kappa shape index (κ2) is 4.84. The van der Waals surface area contributed by atoms with Crippen LogP contribution in [0.1, 0.15) is 0 Å². The molecule has 0 heterocycles. The molecule has 0 amide bonds. The minimum absolute atomic E-state index is 0.277. The first-order valence-electron chi connectivity index (χ1n) is 5.10. The largest absolute Gasteiger partial charge is 0.491 e. The van der Waals surface area contributed by atoms with Gasteiger partial charge in [-0.1, -0.05) is 18.2 Å². The standard InChI is InChI=1S/C12H8BF3O2/c14-10-4-2-8(6-12(10)16)7-1-3-9(13(17)18)11(15)5-7/h1-6,17-18H. The fourth-order valence-corrected chi connectivity index (χ4v) is 1.59. The second-order valence-corrected chi connectivity index (χ2v) is 3.74. The number of hydrogen-bond acceptors (Lipinski definition) is 2. The Morgan fingerprint density at radius 2 is 1.28 bits per heavy atom. The van der Waals surface area contributed by atoms with Gasteiger partial charge in [-0.15, -0.1) is 0 Å². The van der Waals surface area contributed by atoms with Gasteiger partial charge < -0.3 is 10.0 Å². The molecule has 6 heteroatoms. The molecule has 0 saturated heterocycles. The average molecular weight is 252 g/mol. The predicted octanol–water partition coefficient (Wildman–Crippen LogP) is 1.45. The minimum atomic E-state index is -1.91. The van der Waals surface area contributed by atoms with Crippen LogP contribution in [0.2, 0.25) is 0 Å². The van der Waals surface area contributed by atoms with Crippen LogP contribution < -0.4 is 5.46 Å². The van der Waals surface area contributed by atoms with Crippen molar-refractivity contribution in [1.29, 1.82) is 0 Å². The zero-order valence-electron chi connectivity index (χ0n) is 9.07. The SMILES string of the molecule is OB(O)c1ccc(-c2ccc(F)c(F)c2)cc1F. The van der Waals surface area contributed by atoms with Gasteiger partial charge >= 0.3 is 7.12 Å². The Hall–Kier alpha value is -1.79. The maximum Gasteiger partial charge on any atom is 0.491 e. The molecule has 0 radical (unpaired) electrons. The monoisotopic (exact) mass is 252 g/mol. The number of rotatable bonds is 2. The number of hydrogen-bond donors (Lipinski definition) is 2. The first kappa shape index (κ1) is 12.7.